The molecule has 114 valence electrons. The molecular formula is C15H17BrFNO3. The fourth-order valence-corrected chi connectivity index (χ4v) is 3.20. The maximum absolute atomic E-state index is 13.4. The molecule has 21 heavy (non-hydrogen) atoms. The topological polar surface area (TPSA) is 66.4 Å². The highest BCUT2D eigenvalue weighted by Gasteiger charge is 2.41. The molecule has 0 spiro atoms. The van der Waals surface area contributed by atoms with Crippen LogP contribution in [0.3, 0.4) is 0 Å². The van der Waals surface area contributed by atoms with E-state index < -0.39 is 23.6 Å². The van der Waals surface area contributed by atoms with Crippen molar-refractivity contribution in [2.24, 2.45) is 17.8 Å². The predicted molar refractivity (Wildman–Crippen MR) is 80.5 cm³/mol. The summed E-state index contributed by atoms with van der Waals surface area (Å²) in [5, 5.41) is 11.9. The highest BCUT2D eigenvalue weighted by atomic mass is 79.9. The first-order valence-corrected chi connectivity index (χ1v) is 7.58. The number of carboxylic acid groups (broad SMARTS) is 1. The van der Waals surface area contributed by atoms with Gasteiger partial charge in [-0.1, -0.05) is 6.92 Å². The van der Waals surface area contributed by atoms with Crippen molar-refractivity contribution in [3.05, 3.63) is 28.0 Å². The Balaban J connectivity index is 2.18. The van der Waals surface area contributed by atoms with Gasteiger partial charge in [0.15, 0.2) is 0 Å². The molecule has 1 fully saturated rings. The van der Waals surface area contributed by atoms with Gasteiger partial charge < -0.3 is 10.4 Å². The number of aliphatic carboxylic acids is 1. The van der Waals surface area contributed by atoms with Gasteiger partial charge in [-0.15, -0.1) is 0 Å². The Morgan fingerprint density at radius 1 is 1.33 bits per heavy atom. The number of carbonyl (C=O) groups is 2. The van der Waals surface area contributed by atoms with Gasteiger partial charge in [-0.05, 0) is 59.3 Å². The zero-order valence-electron chi connectivity index (χ0n) is 11.8. The molecule has 1 amide bonds. The summed E-state index contributed by atoms with van der Waals surface area (Å²) in [6.07, 6.45) is 1.07. The number of hydrogen-bond acceptors (Lipinski definition) is 2. The lowest BCUT2D eigenvalue weighted by atomic mass is 9.95. The minimum Gasteiger partial charge on any atom is -0.481 e. The van der Waals surface area contributed by atoms with E-state index in [1.54, 1.807) is 6.92 Å². The maximum Gasteiger partial charge on any atom is 0.307 e. The van der Waals surface area contributed by atoms with Gasteiger partial charge in [0.2, 0.25) is 5.91 Å². The molecule has 3 atom stereocenters. The minimum atomic E-state index is -0.934. The smallest absolute Gasteiger partial charge is 0.307 e. The van der Waals surface area contributed by atoms with Gasteiger partial charge in [0.1, 0.15) is 5.82 Å². The summed E-state index contributed by atoms with van der Waals surface area (Å²) < 4.78 is 13.6. The van der Waals surface area contributed by atoms with Gasteiger partial charge in [-0.2, -0.15) is 0 Å². The minimum absolute atomic E-state index is 0.211. The van der Waals surface area contributed by atoms with Crippen molar-refractivity contribution in [2.45, 2.75) is 26.7 Å². The van der Waals surface area contributed by atoms with Gasteiger partial charge in [0.05, 0.1) is 16.3 Å². The number of halogens is 2. The Labute approximate surface area is 130 Å². The largest absolute Gasteiger partial charge is 0.481 e. The van der Waals surface area contributed by atoms with Gasteiger partial charge in [0, 0.05) is 5.69 Å². The number of nitrogens with one attached hydrogen (secondary N) is 1. The quantitative estimate of drug-likeness (QED) is 0.868. The van der Waals surface area contributed by atoms with E-state index >= 15 is 0 Å². The van der Waals surface area contributed by atoms with E-state index in [4.69, 9.17) is 0 Å². The van der Waals surface area contributed by atoms with E-state index in [1.807, 2.05) is 6.92 Å². The molecule has 1 aromatic carbocycles. The lowest BCUT2D eigenvalue weighted by molar-refractivity contribution is -0.145. The Hall–Kier alpha value is -1.43. The van der Waals surface area contributed by atoms with Crippen LogP contribution in [-0.4, -0.2) is 17.0 Å². The average Bonchev–Trinajstić information content (AvgIpc) is 2.78. The van der Waals surface area contributed by atoms with Gasteiger partial charge in [0.25, 0.3) is 0 Å². The van der Waals surface area contributed by atoms with Gasteiger partial charge in [-0.25, -0.2) is 4.39 Å². The van der Waals surface area contributed by atoms with Crippen LogP contribution in [0.5, 0.6) is 0 Å². The van der Waals surface area contributed by atoms with E-state index in [2.05, 4.69) is 21.2 Å². The summed E-state index contributed by atoms with van der Waals surface area (Å²) in [6.45, 7) is 3.64. The standard InChI is InChI=1S/C15H17BrFNO3/c1-7-3-9(10(4-7)15(20)21)14(19)18-13-6-11(16)12(17)5-8(13)2/h5-7,9-10H,3-4H2,1-2H3,(H,18,19)(H,20,21). The molecule has 0 aliphatic heterocycles. The van der Waals surface area contributed by atoms with Crippen molar-refractivity contribution in [3.63, 3.8) is 0 Å². The van der Waals surface area contributed by atoms with Crippen LogP contribution in [0.4, 0.5) is 10.1 Å². The molecule has 2 N–H and O–H groups in total. The van der Waals surface area contributed by atoms with Crippen molar-refractivity contribution in [2.75, 3.05) is 5.32 Å². The van der Waals surface area contributed by atoms with Crippen molar-refractivity contribution >= 4 is 33.5 Å². The first kappa shape index (κ1) is 15.9. The molecule has 3 unspecified atom stereocenters. The van der Waals surface area contributed by atoms with Crippen LogP contribution < -0.4 is 5.32 Å². The van der Waals surface area contributed by atoms with E-state index in [0.29, 0.717) is 24.1 Å². The predicted octanol–water partition coefficient (Wildman–Crippen LogP) is 3.58. The number of carboxylic acids is 1. The lowest BCUT2D eigenvalue weighted by Gasteiger charge is -2.17. The number of rotatable bonds is 3. The normalized spacial score (nSPS) is 24.9. The second kappa shape index (κ2) is 6.13. The lowest BCUT2D eigenvalue weighted by Crippen LogP contribution is -2.30. The molecule has 0 saturated heterocycles. The summed E-state index contributed by atoms with van der Waals surface area (Å²) in [5.41, 5.74) is 1.10. The molecule has 0 aromatic heterocycles. The molecule has 0 radical (unpaired) electrons. The Kier molecular flexibility index (Phi) is 4.66. The molecule has 1 saturated carbocycles. The molecule has 1 aliphatic carbocycles. The zero-order valence-corrected chi connectivity index (χ0v) is 13.4. The van der Waals surface area contributed by atoms with Crippen LogP contribution >= 0.6 is 15.9 Å². The molecule has 4 nitrogen and oxygen atoms in total. The fourth-order valence-electron chi connectivity index (χ4n) is 2.86. The van der Waals surface area contributed by atoms with E-state index in [9.17, 15) is 19.1 Å². The summed E-state index contributed by atoms with van der Waals surface area (Å²) in [4.78, 5) is 23.6. The molecule has 6 heteroatoms. The Morgan fingerprint density at radius 2 is 1.95 bits per heavy atom. The van der Waals surface area contributed by atoms with Crippen LogP contribution in [-0.2, 0) is 9.59 Å². The SMILES string of the molecule is Cc1cc(F)c(Br)cc1NC(=O)C1CC(C)CC1C(=O)O. The summed E-state index contributed by atoms with van der Waals surface area (Å²) in [7, 11) is 0. The van der Waals surface area contributed by atoms with Crippen LogP contribution in [0, 0.1) is 30.5 Å². The van der Waals surface area contributed by atoms with Gasteiger partial charge in [-0.3, -0.25) is 9.59 Å². The van der Waals surface area contributed by atoms with E-state index in [-0.39, 0.29) is 16.3 Å². The first-order valence-electron chi connectivity index (χ1n) is 6.79. The van der Waals surface area contributed by atoms with Crippen molar-refractivity contribution in [3.8, 4) is 0 Å². The van der Waals surface area contributed by atoms with Crippen LogP contribution in [0.1, 0.15) is 25.3 Å². The third kappa shape index (κ3) is 3.43. The third-order valence-electron chi connectivity index (χ3n) is 3.98. The van der Waals surface area contributed by atoms with Crippen molar-refractivity contribution in [1.82, 2.24) is 0 Å². The number of anilines is 1. The number of amides is 1. The van der Waals surface area contributed by atoms with Crippen molar-refractivity contribution < 1.29 is 19.1 Å². The maximum atomic E-state index is 13.4. The monoisotopic (exact) mass is 357 g/mol. The zero-order chi connectivity index (χ0) is 15.7. The highest BCUT2D eigenvalue weighted by Crippen LogP contribution is 2.37. The highest BCUT2D eigenvalue weighted by molar-refractivity contribution is 9.10. The molecule has 1 aromatic rings. The molecule has 2 rings (SSSR count). The molecule has 0 bridgehead atoms. The second-order valence-corrected chi connectivity index (χ2v) is 6.55. The number of hydrogen-bond donors (Lipinski definition) is 2. The Morgan fingerprint density at radius 3 is 2.57 bits per heavy atom. The Bertz CT molecular complexity index is 591. The second-order valence-electron chi connectivity index (χ2n) is 5.70. The van der Waals surface area contributed by atoms with Crippen LogP contribution in [0.15, 0.2) is 16.6 Å². The first-order chi connectivity index (χ1) is 9.79. The third-order valence-corrected chi connectivity index (χ3v) is 4.59. The van der Waals surface area contributed by atoms with Crippen LogP contribution in [0.25, 0.3) is 0 Å². The molecule has 0 heterocycles. The van der Waals surface area contributed by atoms with E-state index in [0.717, 1.165) is 0 Å². The summed E-state index contributed by atoms with van der Waals surface area (Å²) in [6, 6.07) is 2.82. The van der Waals surface area contributed by atoms with E-state index in [1.165, 1.54) is 12.1 Å². The average molecular weight is 358 g/mol. The van der Waals surface area contributed by atoms with Crippen molar-refractivity contribution in [1.29, 1.82) is 0 Å². The number of carbonyl (C=O) groups excluding carboxylic acids is 1. The fraction of sp³-hybridized carbons (Fsp3) is 0.467. The summed E-state index contributed by atoms with van der Waals surface area (Å²) in [5.74, 6) is -2.62. The van der Waals surface area contributed by atoms with Crippen LogP contribution in [0.2, 0.25) is 0 Å². The van der Waals surface area contributed by atoms with Gasteiger partial charge >= 0.3 is 5.97 Å². The number of aryl methyl sites for hydroxylation is 1. The summed E-state index contributed by atoms with van der Waals surface area (Å²) >= 11 is 3.08. The number of benzene rings is 1. The molecular weight excluding hydrogens is 341 g/mol. The molecule has 1 aliphatic rings.